The molecule has 0 bridgehead atoms. The molecule has 4 aromatic heterocycles. The molecular weight excluding hydrogens is 1010 g/mol. The molecule has 4 aromatic rings. The second kappa shape index (κ2) is 25.1. The minimum atomic E-state index is -0.354. The van der Waals surface area contributed by atoms with E-state index in [9.17, 15) is 18.8 Å². The third kappa shape index (κ3) is 13.3. The molecule has 0 aliphatic carbocycles. The lowest BCUT2D eigenvalue weighted by Gasteiger charge is -2.47. The van der Waals surface area contributed by atoms with E-state index in [1.807, 2.05) is 54.2 Å². The molecular formula is C57H84FN17O4. The van der Waals surface area contributed by atoms with Gasteiger partial charge in [0.05, 0.1) is 95.2 Å². The van der Waals surface area contributed by atoms with Gasteiger partial charge in [0.2, 0.25) is 17.7 Å². The molecule has 12 heterocycles. The average Bonchev–Trinajstić information content (AvgIpc) is 4.06. The smallest absolute Gasteiger partial charge is 0.236 e. The number of rotatable bonds is 6. The Morgan fingerprint density at radius 3 is 1.48 bits per heavy atom. The molecule has 1 spiro atoms. The first kappa shape index (κ1) is 56.9. The lowest BCUT2D eigenvalue weighted by molar-refractivity contribution is -0.134. The fourth-order valence-corrected chi connectivity index (χ4v) is 13.1. The van der Waals surface area contributed by atoms with Crippen molar-refractivity contribution in [2.45, 2.75) is 89.8 Å². The summed E-state index contributed by atoms with van der Waals surface area (Å²) in [5.41, 5.74) is 33.9. The summed E-state index contributed by atoms with van der Waals surface area (Å²) in [4.78, 5) is 70.6. The molecule has 0 saturated carbocycles. The van der Waals surface area contributed by atoms with E-state index in [-0.39, 0.29) is 17.3 Å². The van der Waals surface area contributed by atoms with Gasteiger partial charge in [0.1, 0.15) is 0 Å². The van der Waals surface area contributed by atoms with Gasteiger partial charge < -0.3 is 66.9 Å². The zero-order valence-corrected chi connectivity index (χ0v) is 47.2. The number of morpholine rings is 1. The lowest BCUT2D eigenvalue weighted by atomic mass is 9.89. The Bertz CT molecular complexity index is 2600. The second-order valence-electron chi connectivity index (χ2n) is 22.9. The first-order chi connectivity index (χ1) is 38.0. The number of likely N-dealkylation sites (N-methyl/N-ethyl adjacent to an activating group) is 2. The van der Waals surface area contributed by atoms with Crippen molar-refractivity contribution in [1.29, 1.82) is 0 Å². The van der Waals surface area contributed by atoms with Crippen LogP contribution in [0.3, 0.4) is 0 Å². The van der Waals surface area contributed by atoms with Crippen LogP contribution in [-0.4, -0.2) is 205 Å². The maximum absolute atomic E-state index is 14.0. The highest BCUT2D eigenvalue weighted by Gasteiger charge is 2.40. The molecule has 428 valence electrons. The third-order valence-corrected chi connectivity index (χ3v) is 17.3. The van der Waals surface area contributed by atoms with E-state index in [1.54, 1.807) is 23.5 Å². The van der Waals surface area contributed by atoms with Crippen LogP contribution in [0.15, 0.2) is 49.6 Å². The van der Waals surface area contributed by atoms with Crippen LogP contribution in [-0.2, 0) is 19.1 Å². The number of nitrogens with two attached hydrogens (primary N) is 4. The normalized spacial score (nSPS) is 22.7. The number of nitrogens with zero attached hydrogens (tertiary/aromatic N) is 13. The number of hydrogen-bond acceptors (Lipinski definition) is 18. The Morgan fingerprint density at radius 1 is 0.544 bits per heavy atom. The van der Waals surface area contributed by atoms with Crippen molar-refractivity contribution in [3.63, 3.8) is 0 Å². The number of pyridine rings is 4. The van der Waals surface area contributed by atoms with Crippen molar-refractivity contribution >= 4 is 63.2 Å². The van der Waals surface area contributed by atoms with E-state index in [0.717, 1.165) is 194 Å². The second-order valence-corrected chi connectivity index (χ2v) is 22.9. The van der Waals surface area contributed by atoms with Crippen molar-refractivity contribution in [2.24, 2.45) is 5.92 Å². The summed E-state index contributed by atoms with van der Waals surface area (Å²) in [5.74, 6) is 1.00. The van der Waals surface area contributed by atoms with Gasteiger partial charge in [-0.1, -0.05) is 0 Å². The Morgan fingerprint density at radius 2 is 1.01 bits per heavy atom. The number of fused-ring (bicyclic) bond motifs is 2. The minimum absolute atomic E-state index is 0.0548. The standard InChI is InChI=1S/C16H24FN5O.C15H24N4O.2C13H18N4O/c1-20-6-7-21(11-15(20)23)10-12-2-4-22(5-3-12)16-13(17)8-19-9-14(16)18;1-12-9-17-10-13(16)14(12)19-5-3-15(4-6-19)11-18(2)7-8-20-15;2*1-9-6-15-7-11(14)13(9)16-4-5-17-10(8-16)2-3-12(17)18/h8-9,12H,2-7,10-11,18H2,1H3;9-10H,3-8,11,16H2,1-2H3;2*6-7,10H,2-5,8,14H2,1H3/t;;2*10-/m..10/s1. The minimum Gasteiger partial charge on any atom is -0.396 e. The fraction of sp³-hybridized carbons (Fsp3) is 0.596. The molecule has 8 saturated heterocycles. The predicted octanol–water partition coefficient (Wildman–Crippen LogP) is 3.63. The first-order valence-corrected chi connectivity index (χ1v) is 28.3. The first-order valence-electron chi connectivity index (χ1n) is 28.3. The molecule has 79 heavy (non-hydrogen) atoms. The van der Waals surface area contributed by atoms with Crippen LogP contribution in [0.5, 0.6) is 0 Å². The number of carbonyl (C=O) groups is 3. The van der Waals surface area contributed by atoms with Crippen LogP contribution in [0.2, 0.25) is 0 Å². The Balaban J connectivity index is 0.000000128. The van der Waals surface area contributed by atoms with E-state index in [4.69, 9.17) is 27.7 Å². The Hall–Kier alpha value is -6.78. The van der Waals surface area contributed by atoms with Crippen LogP contribution < -0.4 is 42.5 Å². The van der Waals surface area contributed by atoms with E-state index in [1.165, 1.54) is 12.4 Å². The van der Waals surface area contributed by atoms with Gasteiger partial charge in [-0.3, -0.25) is 39.2 Å². The quantitative estimate of drug-likeness (QED) is 0.215. The summed E-state index contributed by atoms with van der Waals surface area (Å²) in [6.45, 7) is 21.0. The molecule has 8 N–H and O–H groups in total. The van der Waals surface area contributed by atoms with Gasteiger partial charge in [0.15, 0.2) is 5.82 Å². The highest BCUT2D eigenvalue weighted by atomic mass is 19.1. The molecule has 22 heteroatoms. The van der Waals surface area contributed by atoms with E-state index in [2.05, 4.69) is 58.4 Å². The SMILES string of the molecule is CN1CCN(CC2CCN(c3c(N)cncc3F)CC2)CC1=O.Cc1cncc(N)c1N1CCC2(CC1)CN(C)CCO2.Cc1cncc(N)c1N1CCN2C(=O)CC[C@@H]2C1.Cc1cncc(N)c1N1CCN2C(=O)CC[C@H]2C1. The molecule has 0 radical (unpaired) electrons. The number of nitrogen functional groups attached to an aromatic ring is 4. The van der Waals surface area contributed by atoms with Gasteiger partial charge in [0, 0.05) is 149 Å². The van der Waals surface area contributed by atoms with Crippen molar-refractivity contribution < 1.29 is 23.5 Å². The number of halogens is 1. The lowest BCUT2D eigenvalue weighted by Crippen LogP contribution is -2.56. The maximum atomic E-state index is 14.0. The largest absolute Gasteiger partial charge is 0.396 e. The number of aromatic nitrogens is 4. The van der Waals surface area contributed by atoms with Gasteiger partial charge in [-0.2, -0.15) is 0 Å². The summed E-state index contributed by atoms with van der Waals surface area (Å²) >= 11 is 0. The van der Waals surface area contributed by atoms with Crippen LogP contribution in [0.25, 0.3) is 0 Å². The predicted molar refractivity (Wildman–Crippen MR) is 309 cm³/mol. The number of piperidine rings is 2. The zero-order valence-electron chi connectivity index (χ0n) is 47.2. The summed E-state index contributed by atoms with van der Waals surface area (Å²) in [7, 11) is 4.04. The van der Waals surface area contributed by atoms with Crippen LogP contribution >= 0.6 is 0 Å². The summed E-state index contributed by atoms with van der Waals surface area (Å²) in [6.07, 6.45) is 20.9. The molecule has 3 amide bonds. The number of hydrogen-bond donors (Lipinski definition) is 4. The number of piperazine rings is 3. The van der Waals surface area contributed by atoms with E-state index >= 15 is 0 Å². The Kier molecular flexibility index (Phi) is 18.1. The molecule has 0 aromatic carbocycles. The zero-order chi connectivity index (χ0) is 56.0. The van der Waals surface area contributed by atoms with Gasteiger partial charge in [0.25, 0.3) is 0 Å². The van der Waals surface area contributed by atoms with E-state index in [0.29, 0.717) is 60.6 Å². The fourth-order valence-electron chi connectivity index (χ4n) is 13.1. The van der Waals surface area contributed by atoms with Crippen molar-refractivity contribution in [3.8, 4) is 0 Å². The van der Waals surface area contributed by atoms with Gasteiger partial charge in [-0.25, -0.2) is 4.39 Å². The highest BCUT2D eigenvalue weighted by molar-refractivity contribution is 5.81. The van der Waals surface area contributed by atoms with Crippen molar-refractivity contribution in [3.05, 3.63) is 72.1 Å². The molecule has 8 fully saturated rings. The monoisotopic (exact) mass is 1090 g/mol. The molecule has 21 nitrogen and oxygen atoms in total. The summed E-state index contributed by atoms with van der Waals surface area (Å²) in [6, 6.07) is 0.719. The third-order valence-electron chi connectivity index (χ3n) is 17.3. The summed E-state index contributed by atoms with van der Waals surface area (Å²) < 4.78 is 20.1. The maximum Gasteiger partial charge on any atom is 0.236 e. The molecule has 12 rings (SSSR count). The van der Waals surface area contributed by atoms with E-state index < -0.39 is 0 Å². The topological polar surface area (TPSA) is 245 Å². The van der Waals surface area contributed by atoms with Crippen LogP contribution in [0, 0.1) is 32.5 Å². The highest BCUT2D eigenvalue weighted by Crippen LogP contribution is 2.37. The number of amides is 3. The molecule has 0 unspecified atom stereocenters. The average molecular weight is 1090 g/mol. The summed E-state index contributed by atoms with van der Waals surface area (Å²) in [5, 5.41) is 0. The van der Waals surface area contributed by atoms with Crippen molar-refractivity contribution in [2.75, 3.05) is 168 Å². The van der Waals surface area contributed by atoms with Crippen LogP contribution in [0.1, 0.15) is 68.1 Å². The molecule has 8 aliphatic rings. The number of anilines is 8. The number of aryl methyl sites for hydroxylation is 3. The molecule has 8 aliphatic heterocycles. The number of ether oxygens (including phenoxy) is 1. The Labute approximate surface area is 465 Å². The number of carbonyl (C=O) groups excluding carboxylic acids is 3. The molecule has 2 atom stereocenters. The van der Waals surface area contributed by atoms with Gasteiger partial charge >= 0.3 is 0 Å². The van der Waals surface area contributed by atoms with Crippen LogP contribution in [0.4, 0.5) is 49.9 Å². The van der Waals surface area contributed by atoms with Gasteiger partial charge in [-0.15, -0.1) is 0 Å². The van der Waals surface area contributed by atoms with Crippen molar-refractivity contribution in [1.82, 2.24) is 44.4 Å². The van der Waals surface area contributed by atoms with Gasteiger partial charge in [-0.05, 0) is 89.0 Å².